The van der Waals surface area contributed by atoms with E-state index in [1.807, 2.05) is 12.1 Å². The van der Waals surface area contributed by atoms with Crippen molar-refractivity contribution in [1.82, 2.24) is 10.1 Å². The standard InChI is InChI=1S/C17H22ClN3O2.ClH/c1-11(2)14(19)8-9-21(3)17(22)15-10-16(23-20-15)12-4-6-13(18)7-5-12;/h4-7,10-11,14H,8-9,19H2,1-3H3;1H. The lowest BCUT2D eigenvalue weighted by Crippen LogP contribution is -2.34. The van der Waals surface area contributed by atoms with Crippen molar-refractivity contribution in [3.63, 3.8) is 0 Å². The van der Waals surface area contributed by atoms with Gasteiger partial charge in [-0.05, 0) is 36.6 Å². The minimum atomic E-state index is -0.176. The summed E-state index contributed by atoms with van der Waals surface area (Å²) in [6.07, 6.45) is 0.752. The smallest absolute Gasteiger partial charge is 0.275 e. The van der Waals surface area contributed by atoms with E-state index in [2.05, 4.69) is 19.0 Å². The van der Waals surface area contributed by atoms with Crippen LogP contribution in [0.3, 0.4) is 0 Å². The summed E-state index contributed by atoms with van der Waals surface area (Å²) < 4.78 is 5.26. The van der Waals surface area contributed by atoms with E-state index in [4.69, 9.17) is 21.9 Å². The summed E-state index contributed by atoms with van der Waals surface area (Å²) in [5.74, 6) is 0.754. The second-order valence-electron chi connectivity index (χ2n) is 6.01. The van der Waals surface area contributed by atoms with Gasteiger partial charge in [0, 0.05) is 36.3 Å². The van der Waals surface area contributed by atoms with Crippen molar-refractivity contribution in [2.75, 3.05) is 13.6 Å². The van der Waals surface area contributed by atoms with Crippen molar-refractivity contribution < 1.29 is 9.32 Å². The number of benzene rings is 1. The topological polar surface area (TPSA) is 72.4 Å². The number of hydrogen-bond acceptors (Lipinski definition) is 4. The van der Waals surface area contributed by atoms with Crippen LogP contribution in [0.5, 0.6) is 0 Å². The van der Waals surface area contributed by atoms with Crippen molar-refractivity contribution in [1.29, 1.82) is 0 Å². The lowest BCUT2D eigenvalue weighted by Gasteiger charge is -2.20. The van der Waals surface area contributed by atoms with Crippen LogP contribution in [0.2, 0.25) is 5.02 Å². The Morgan fingerprint density at radius 3 is 2.54 bits per heavy atom. The Balaban J connectivity index is 0.00000288. The Hall–Kier alpha value is -1.56. The third-order valence-electron chi connectivity index (χ3n) is 3.86. The number of nitrogens with two attached hydrogens (primary N) is 1. The zero-order chi connectivity index (χ0) is 17.0. The highest BCUT2D eigenvalue weighted by Crippen LogP contribution is 2.22. The highest BCUT2D eigenvalue weighted by atomic mass is 35.5. The molecule has 132 valence electrons. The average Bonchev–Trinajstić information content (AvgIpc) is 3.01. The van der Waals surface area contributed by atoms with E-state index in [0.717, 1.165) is 12.0 Å². The van der Waals surface area contributed by atoms with Gasteiger partial charge >= 0.3 is 0 Å². The molecule has 7 heteroatoms. The highest BCUT2D eigenvalue weighted by molar-refractivity contribution is 6.30. The molecule has 2 aromatic rings. The molecule has 0 bridgehead atoms. The Labute approximate surface area is 153 Å². The van der Waals surface area contributed by atoms with E-state index in [1.54, 1.807) is 30.1 Å². The van der Waals surface area contributed by atoms with Gasteiger partial charge in [-0.1, -0.05) is 30.6 Å². The molecule has 2 rings (SSSR count). The molecule has 1 amide bonds. The van der Waals surface area contributed by atoms with E-state index in [1.165, 1.54) is 0 Å². The van der Waals surface area contributed by atoms with Gasteiger partial charge in [0.1, 0.15) is 0 Å². The number of hydrogen-bond donors (Lipinski definition) is 1. The molecule has 0 aliphatic carbocycles. The molecular weight excluding hydrogens is 349 g/mol. The van der Waals surface area contributed by atoms with Crippen molar-refractivity contribution >= 4 is 29.9 Å². The number of carbonyl (C=O) groups is 1. The van der Waals surface area contributed by atoms with Crippen LogP contribution in [0.25, 0.3) is 11.3 Å². The number of nitrogens with zero attached hydrogens (tertiary/aromatic N) is 2. The molecule has 1 unspecified atom stereocenters. The van der Waals surface area contributed by atoms with Crippen molar-refractivity contribution in [2.24, 2.45) is 11.7 Å². The number of halogens is 2. The van der Waals surface area contributed by atoms with E-state index in [-0.39, 0.29) is 30.0 Å². The molecule has 0 saturated carbocycles. The third-order valence-corrected chi connectivity index (χ3v) is 4.11. The molecule has 24 heavy (non-hydrogen) atoms. The van der Waals surface area contributed by atoms with Crippen LogP contribution in [0, 0.1) is 5.92 Å². The molecule has 1 aromatic heterocycles. The second-order valence-corrected chi connectivity index (χ2v) is 6.44. The molecule has 2 N–H and O–H groups in total. The highest BCUT2D eigenvalue weighted by Gasteiger charge is 2.18. The molecule has 0 fully saturated rings. The summed E-state index contributed by atoms with van der Waals surface area (Å²) in [5, 5.41) is 4.51. The molecule has 0 spiro atoms. The molecular formula is C17H23Cl2N3O2. The van der Waals surface area contributed by atoms with Crippen LogP contribution in [0.4, 0.5) is 0 Å². The third kappa shape index (κ3) is 5.23. The SMILES string of the molecule is CC(C)C(N)CCN(C)C(=O)c1cc(-c2ccc(Cl)cc2)on1.Cl. The Bertz CT molecular complexity index is 656. The maximum absolute atomic E-state index is 12.4. The fourth-order valence-electron chi connectivity index (χ4n) is 2.10. The van der Waals surface area contributed by atoms with Gasteiger partial charge in [-0.25, -0.2) is 0 Å². The minimum absolute atomic E-state index is 0. The summed E-state index contributed by atoms with van der Waals surface area (Å²) in [5.41, 5.74) is 7.13. The molecule has 1 atom stereocenters. The lowest BCUT2D eigenvalue weighted by atomic mass is 10.0. The fraction of sp³-hybridized carbons (Fsp3) is 0.412. The van der Waals surface area contributed by atoms with Gasteiger partial charge in [-0.3, -0.25) is 4.79 Å². The maximum atomic E-state index is 12.4. The van der Waals surface area contributed by atoms with Gasteiger partial charge in [0.25, 0.3) is 5.91 Å². The Morgan fingerprint density at radius 1 is 1.33 bits per heavy atom. The van der Waals surface area contributed by atoms with E-state index < -0.39 is 0 Å². The van der Waals surface area contributed by atoms with Crippen molar-refractivity contribution in [2.45, 2.75) is 26.3 Å². The monoisotopic (exact) mass is 371 g/mol. The van der Waals surface area contributed by atoms with Gasteiger partial charge in [-0.2, -0.15) is 0 Å². The molecule has 5 nitrogen and oxygen atoms in total. The second kappa shape index (κ2) is 9.06. The normalized spacial score (nSPS) is 11.9. The number of amides is 1. The van der Waals surface area contributed by atoms with Crippen LogP contribution in [0.15, 0.2) is 34.9 Å². The van der Waals surface area contributed by atoms with E-state index in [0.29, 0.717) is 23.2 Å². The van der Waals surface area contributed by atoms with Crippen LogP contribution in [-0.2, 0) is 0 Å². The zero-order valence-electron chi connectivity index (χ0n) is 14.0. The first-order valence-electron chi connectivity index (χ1n) is 7.62. The average molecular weight is 372 g/mol. The van der Waals surface area contributed by atoms with Crippen LogP contribution < -0.4 is 5.73 Å². The van der Waals surface area contributed by atoms with Crippen LogP contribution in [0.1, 0.15) is 30.8 Å². The zero-order valence-corrected chi connectivity index (χ0v) is 15.6. The summed E-state index contributed by atoms with van der Waals surface area (Å²) in [6.45, 7) is 4.73. The van der Waals surface area contributed by atoms with E-state index in [9.17, 15) is 4.79 Å². The van der Waals surface area contributed by atoms with Crippen molar-refractivity contribution in [3.8, 4) is 11.3 Å². The van der Waals surface area contributed by atoms with E-state index >= 15 is 0 Å². The van der Waals surface area contributed by atoms with Gasteiger partial charge in [0.15, 0.2) is 11.5 Å². The Kier molecular flexibility index (Phi) is 7.73. The molecule has 1 heterocycles. The lowest BCUT2D eigenvalue weighted by molar-refractivity contribution is 0.0779. The largest absolute Gasteiger partial charge is 0.355 e. The number of aromatic nitrogens is 1. The maximum Gasteiger partial charge on any atom is 0.275 e. The predicted octanol–water partition coefficient (Wildman–Crippen LogP) is 3.86. The first kappa shape index (κ1) is 20.5. The van der Waals surface area contributed by atoms with Gasteiger partial charge in [0.05, 0.1) is 0 Å². The summed E-state index contributed by atoms with van der Waals surface area (Å²) in [4.78, 5) is 14.0. The molecule has 0 radical (unpaired) electrons. The number of carbonyl (C=O) groups excluding carboxylic acids is 1. The van der Waals surface area contributed by atoms with Gasteiger partial charge < -0.3 is 15.2 Å². The first-order chi connectivity index (χ1) is 10.9. The summed E-state index contributed by atoms with van der Waals surface area (Å²) in [6, 6.07) is 8.89. The number of rotatable bonds is 6. The molecule has 0 aliphatic rings. The quantitative estimate of drug-likeness (QED) is 0.836. The minimum Gasteiger partial charge on any atom is -0.355 e. The molecule has 1 aromatic carbocycles. The van der Waals surface area contributed by atoms with Crippen LogP contribution >= 0.6 is 24.0 Å². The summed E-state index contributed by atoms with van der Waals surface area (Å²) >= 11 is 5.86. The fourth-order valence-corrected chi connectivity index (χ4v) is 2.23. The van der Waals surface area contributed by atoms with Crippen molar-refractivity contribution in [3.05, 3.63) is 41.0 Å². The predicted molar refractivity (Wildman–Crippen MR) is 98.6 cm³/mol. The first-order valence-corrected chi connectivity index (χ1v) is 8.00. The Morgan fingerprint density at radius 2 is 1.96 bits per heavy atom. The summed E-state index contributed by atoms with van der Waals surface area (Å²) in [7, 11) is 1.74. The van der Waals surface area contributed by atoms with Gasteiger partial charge in [-0.15, -0.1) is 12.4 Å². The molecule has 0 aliphatic heterocycles. The van der Waals surface area contributed by atoms with Crippen LogP contribution in [-0.4, -0.2) is 35.6 Å². The molecule has 0 saturated heterocycles. The van der Waals surface area contributed by atoms with Gasteiger partial charge in [0.2, 0.25) is 0 Å².